The van der Waals surface area contributed by atoms with Crippen molar-refractivity contribution in [3.05, 3.63) is 8.96 Å². The maximum absolute atomic E-state index is 12.6. The lowest BCUT2D eigenvalue weighted by Gasteiger charge is -2.29. The van der Waals surface area contributed by atoms with E-state index in [-0.39, 0.29) is 21.0 Å². The summed E-state index contributed by atoms with van der Waals surface area (Å²) in [6, 6.07) is -0.875. The fourth-order valence-electron chi connectivity index (χ4n) is 2.95. The number of amides is 2. The molecule has 5 nitrogen and oxygen atoms in total. The van der Waals surface area contributed by atoms with Gasteiger partial charge < -0.3 is 4.74 Å². The molecule has 1 saturated carbocycles. The van der Waals surface area contributed by atoms with Crippen LogP contribution in [0.5, 0.6) is 0 Å². The Kier molecular flexibility index (Phi) is 6.42. The molecule has 1 aliphatic carbocycles. The molecule has 23 heavy (non-hydrogen) atoms. The molecule has 2 amide bonds. The Labute approximate surface area is 153 Å². The van der Waals surface area contributed by atoms with Gasteiger partial charge in [0, 0.05) is 0 Å². The van der Waals surface area contributed by atoms with Crippen molar-refractivity contribution in [1.82, 2.24) is 4.90 Å². The van der Waals surface area contributed by atoms with Gasteiger partial charge in [-0.2, -0.15) is 0 Å². The molecule has 0 aromatic carbocycles. The van der Waals surface area contributed by atoms with Gasteiger partial charge in [0.1, 0.15) is 21.1 Å². The van der Waals surface area contributed by atoms with Gasteiger partial charge in [0.2, 0.25) is 0 Å². The van der Waals surface area contributed by atoms with Crippen molar-refractivity contribution in [2.75, 3.05) is 0 Å². The zero-order valence-corrected chi connectivity index (χ0v) is 16.5. The van der Waals surface area contributed by atoms with Crippen LogP contribution in [0.25, 0.3) is 0 Å². The molecule has 128 valence electrons. The quantitative estimate of drug-likeness (QED) is 0.473. The second-order valence-corrected chi connectivity index (χ2v) is 8.04. The first-order chi connectivity index (χ1) is 10.8. The molecular weight excluding hydrogens is 430 g/mol. The van der Waals surface area contributed by atoms with Crippen molar-refractivity contribution in [3.8, 4) is 0 Å². The van der Waals surface area contributed by atoms with Gasteiger partial charge in [-0.3, -0.25) is 14.5 Å². The predicted molar refractivity (Wildman–Crippen MR) is 92.9 cm³/mol. The predicted octanol–water partition coefficient (Wildman–Crippen LogP) is 3.65. The first-order valence-electron chi connectivity index (χ1n) is 7.96. The molecule has 0 unspecified atom stereocenters. The first-order valence-corrected chi connectivity index (χ1v) is 9.55. The highest BCUT2D eigenvalue weighted by molar-refractivity contribution is 9.14. The Morgan fingerprint density at radius 1 is 1.13 bits per heavy atom. The zero-order chi connectivity index (χ0) is 17.1. The van der Waals surface area contributed by atoms with E-state index >= 15 is 0 Å². The number of nitrogens with zero attached hydrogens (tertiary/aromatic N) is 1. The second-order valence-electron chi connectivity index (χ2n) is 6.45. The van der Waals surface area contributed by atoms with Crippen LogP contribution in [0.4, 0.5) is 0 Å². The third kappa shape index (κ3) is 4.24. The summed E-state index contributed by atoms with van der Waals surface area (Å²) < 4.78 is 5.91. The average Bonchev–Trinajstić information content (AvgIpc) is 2.70. The number of carbonyl (C=O) groups excluding carboxylic acids is 3. The normalized spacial score (nSPS) is 21.3. The first kappa shape index (κ1) is 18.6. The molecule has 0 aromatic heterocycles. The summed E-state index contributed by atoms with van der Waals surface area (Å²) in [5.41, 5.74) is 0. The van der Waals surface area contributed by atoms with E-state index in [1.54, 1.807) is 0 Å². The van der Waals surface area contributed by atoms with Crippen molar-refractivity contribution in [1.29, 1.82) is 0 Å². The van der Waals surface area contributed by atoms with E-state index in [2.05, 4.69) is 31.9 Å². The minimum absolute atomic E-state index is 0.0986. The third-order valence-electron chi connectivity index (χ3n) is 4.12. The molecule has 1 heterocycles. The van der Waals surface area contributed by atoms with E-state index in [1.165, 1.54) is 0 Å². The van der Waals surface area contributed by atoms with Gasteiger partial charge in [0.15, 0.2) is 0 Å². The molecule has 0 radical (unpaired) electrons. The van der Waals surface area contributed by atoms with Gasteiger partial charge in [0.25, 0.3) is 11.8 Å². The van der Waals surface area contributed by atoms with Gasteiger partial charge in [-0.25, -0.2) is 4.79 Å². The summed E-state index contributed by atoms with van der Waals surface area (Å²) in [6.45, 7) is 3.90. The summed E-state index contributed by atoms with van der Waals surface area (Å²) in [5, 5.41) is 0. The maximum atomic E-state index is 12.6. The lowest BCUT2D eigenvalue weighted by molar-refractivity contribution is -0.163. The molecule has 2 aliphatic rings. The largest absolute Gasteiger partial charge is 0.461 e. The van der Waals surface area contributed by atoms with Crippen LogP contribution in [-0.2, 0) is 19.1 Å². The van der Waals surface area contributed by atoms with Crippen molar-refractivity contribution < 1.29 is 19.1 Å². The highest BCUT2D eigenvalue weighted by Gasteiger charge is 2.44. The molecule has 0 bridgehead atoms. The van der Waals surface area contributed by atoms with Crippen LogP contribution < -0.4 is 0 Å². The molecule has 2 rings (SSSR count). The Hall–Kier alpha value is -0.690. The third-order valence-corrected chi connectivity index (χ3v) is 6.12. The number of imide groups is 1. The molecule has 7 heteroatoms. The fraction of sp³-hybridized carbons (Fsp3) is 0.688. The monoisotopic (exact) mass is 449 g/mol. The summed E-state index contributed by atoms with van der Waals surface area (Å²) in [7, 11) is 0. The highest BCUT2D eigenvalue weighted by atomic mass is 79.9. The van der Waals surface area contributed by atoms with Crippen molar-refractivity contribution in [2.24, 2.45) is 5.92 Å². The minimum Gasteiger partial charge on any atom is -0.461 e. The van der Waals surface area contributed by atoms with Crippen molar-refractivity contribution in [2.45, 2.75) is 64.5 Å². The van der Waals surface area contributed by atoms with Crippen molar-refractivity contribution >= 4 is 49.6 Å². The lowest BCUT2D eigenvalue weighted by Crippen LogP contribution is -2.48. The van der Waals surface area contributed by atoms with Gasteiger partial charge in [0.05, 0.1) is 0 Å². The van der Waals surface area contributed by atoms with Gasteiger partial charge in [-0.15, -0.1) is 0 Å². The molecule has 1 aliphatic heterocycles. The fourth-order valence-corrected chi connectivity index (χ4v) is 3.68. The Bertz CT molecular complexity index is 514. The molecule has 0 aromatic rings. The number of hydrogen-bond donors (Lipinski definition) is 0. The van der Waals surface area contributed by atoms with E-state index in [9.17, 15) is 14.4 Å². The summed E-state index contributed by atoms with van der Waals surface area (Å²) in [6.07, 6.45) is 5.26. The van der Waals surface area contributed by atoms with E-state index < -0.39 is 23.8 Å². The van der Waals surface area contributed by atoms with E-state index in [1.807, 2.05) is 13.8 Å². The van der Waals surface area contributed by atoms with Gasteiger partial charge in [-0.05, 0) is 69.9 Å². The van der Waals surface area contributed by atoms with Crippen LogP contribution >= 0.6 is 31.9 Å². The number of rotatable bonds is 5. The smallest absolute Gasteiger partial charge is 0.329 e. The minimum atomic E-state index is -0.875. The molecule has 1 atom stereocenters. The highest BCUT2D eigenvalue weighted by Crippen LogP contribution is 2.33. The molecule has 1 fully saturated rings. The number of carbonyl (C=O) groups is 3. The molecular formula is C16H21Br2NO4. The molecule has 0 saturated heterocycles. The number of esters is 1. The number of ether oxygens (including phenoxy) is 1. The zero-order valence-electron chi connectivity index (χ0n) is 13.3. The molecule has 0 spiro atoms. The van der Waals surface area contributed by atoms with Crippen LogP contribution in [0.3, 0.4) is 0 Å². The van der Waals surface area contributed by atoms with Crippen LogP contribution in [0.15, 0.2) is 8.96 Å². The Balaban J connectivity index is 2.15. The standard InChI is InChI=1S/C16H21Br2NO4/c1-9(2)8-11(16(22)23-10-6-4-3-5-7-10)19-14(20)12(17)13(18)15(19)21/h9-11H,3-8H2,1-2H3/t11-/m0/s1. The SMILES string of the molecule is CC(C)C[C@@H](C(=O)OC1CCCCC1)N1C(=O)C(Br)=C(Br)C1=O. The Morgan fingerprint density at radius 2 is 1.65 bits per heavy atom. The van der Waals surface area contributed by atoms with Crippen LogP contribution in [-0.4, -0.2) is 34.8 Å². The van der Waals surface area contributed by atoms with Crippen LogP contribution in [0, 0.1) is 5.92 Å². The summed E-state index contributed by atoms with van der Waals surface area (Å²) in [5.74, 6) is -1.31. The van der Waals surface area contributed by atoms with E-state index in [0.29, 0.717) is 6.42 Å². The number of hydrogen-bond acceptors (Lipinski definition) is 4. The summed E-state index contributed by atoms with van der Waals surface area (Å²) in [4.78, 5) is 38.3. The second kappa shape index (κ2) is 7.92. The average molecular weight is 451 g/mol. The van der Waals surface area contributed by atoms with E-state index in [0.717, 1.165) is 37.0 Å². The van der Waals surface area contributed by atoms with Gasteiger partial charge >= 0.3 is 5.97 Å². The van der Waals surface area contributed by atoms with E-state index in [4.69, 9.17) is 4.74 Å². The topological polar surface area (TPSA) is 63.7 Å². The lowest BCUT2D eigenvalue weighted by atomic mass is 9.97. The Morgan fingerprint density at radius 3 is 2.13 bits per heavy atom. The number of halogens is 2. The van der Waals surface area contributed by atoms with Gasteiger partial charge in [-0.1, -0.05) is 20.3 Å². The van der Waals surface area contributed by atoms with Crippen LogP contribution in [0.1, 0.15) is 52.4 Å². The summed E-state index contributed by atoms with van der Waals surface area (Å²) >= 11 is 6.20. The molecule has 0 N–H and O–H groups in total. The maximum Gasteiger partial charge on any atom is 0.329 e. The van der Waals surface area contributed by atoms with Crippen LogP contribution in [0.2, 0.25) is 0 Å². The van der Waals surface area contributed by atoms with Crippen molar-refractivity contribution in [3.63, 3.8) is 0 Å².